The van der Waals surface area contributed by atoms with Crippen LogP contribution in [0.1, 0.15) is 12.5 Å². The maximum atomic E-state index is 11.3. The lowest BCUT2D eigenvalue weighted by Gasteiger charge is -2.05. The summed E-state index contributed by atoms with van der Waals surface area (Å²) in [7, 11) is 1.37. The second-order valence-electron chi connectivity index (χ2n) is 3.63. The van der Waals surface area contributed by atoms with Gasteiger partial charge in [0.2, 0.25) is 0 Å². The lowest BCUT2D eigenvalue weighted by molar-refractivity contribution is -0.142. The molecule has 2 rings (SSSR count). The molecule has 0 radical (unpaired) electrons. The van der Waals surface area contributed by atoms with Crippen LogP contribution in [-0.4, -0.2) is 19.2 Å². The van der Waals surface area contributed by atoms with E-state index in [9.17, 15) is 4.79 Å². The summed E-state index contributed by atoms with van der Waals surface area (Å²) in [6.45, 7) is 1.89. The van der Waals surface area contributed by atoms with Crippen LogP contribution in [0.15, 0.2) is 28.7 Å². The number of halogens is 1. The Labute approximate surface area is 96.5 Å². The molecule has 1 aromatic carbocycles. The van der Waals surface area contributed by atoms with E-state index >= 15 is 0 Å². The van der Waals surface area contributed by atoms with Gasteiger partial charge in [-0.2, -0.15) is 0 Å². The van der Waals surface area contributed by atoms with E-state index in [4.69, 9.17) is 4.74 Å². The largest absolute Gasteiger partial charge is 0.467 e. The van der Waals surface area contributed by atoms with E-state index in [1.807, 2.05) is 31.2 Å². The van der Waals surface area contributed by atoms with Gasteiger partial charge < -0.3 is 9.47 Å². The normalized spacial score (nSPS) is 28.6. The summed E-state index contributed by atoms with van der Waals surface area (Å²) < 4.78 is 11.0. The van der Waals surface area contributed by atoms with Gasteiger partial charge in [-0.1, -0.05) is 28.1 Å². The van der Waals surface area contributed by atoms with E-state index in [2.05, 4.69) is 20.7 Å². The molecule has 4 heteroatoms. The molecule has 0 amide bonds. The van der Waals surface area contributed by atoms with Gasteiger partial charge in [-0.25, -0.2) is 4.79 Å². The summed E-state index contributed by atoms with van der Waals surface area (Å²) in [4.78, 5) is 11.3. The molecule has 2 unspecified atom stereocenters. The molecule has 0 aliphatic carbocycles. The first kappa shape index (κ1) is 10.6. The summed E-state index contributed by atoms with van der Waals surface area (Å²) >= 11 is 3.36. The highest BCUT2D eigenvalue weighted by Gasteiger charge is 2.59. The molecule has 3 nitrogen and oxygen atoms in total. The first-order valence-corrected chi connectivity index (χ1v) is 5.39. The van der Waals surface area contributed by atoms with Gasteiger partial charge >= 0.3 is 5.97 Å². The Morgan fingerprint density at radius 1 is 1.47 bits per heavy atom. The van der Waals surface area contributed by atoms with Crippen molar-refractivity contribution >= 4 is 21.9 Å². The number of benzene rings is 1. The van der Waals surface area contributed by atoms with Gasteiger partial charge in [0, 0.05) is 4.47 Å². The Hall–Kier alpha value is -0.870. The molecule has 0 bridgehead atoms. The number of carbonyl (C=O) groups excluding carboxylic acids is 1. The van der Waals surface area contributed by atoms with Crippen LogP contribution in [-0.2, 0) is 19.9 Å². The number of hydrogen-bond donors (Lipinski definition) is 0. The molecule has 1 aromatic rings. The zero-order valence-corrected chi connectivity index (χ0v) is 10.1. The predicted molar refractivity (Wildman–Crippen MR) is 58.4 cm³/mol. The highest BCUT2D eigenvalue weighted by Crippen LogP contribution is 2.46. The van der Waals surface area contributed by atoms with Crippen LogP contribution in [0.4, 0.5) is 0 Å². The van der Waals surface area contributed by atoms with Gasteiger partial charge in [-0.15, -0.1) is 0 Å². The fourth-order valence-corrected chi connectivity index (χ4v) is 1.86. The molecular formula is C11H11BrO3. The van der Waals surface area contributed by atoms with Crippen molar-refractivity contribution in [1.82, 2.24) is 0 Å². The zero-order valence-electron chi connectivity index (χ0n) is 8.49. The zero-order chi connectivity index (χ0) is 11.1. The number of rotatable bonds is 2. The van der Waals surface area contributed by atoms with Gasteiger partial charge in [0.15, 0.2) is 6.10 Å². The van der Waals surface area contributed by atoms with Gasteiger partial charge in [0.05, 0.1) is 7.11 Å². The van der Waals surface area contributed by atoms with E-state index in [1.54, 1.807) is 0 Å². The Morgan fingerprint density at radius 3 is 2.60 bits per heavy atom. The molecule has 80 valence electrons. The summed E-state index contributed by atoms with van der Waals surface area (Å²) in [6.07, 6.45) is -0.469. The van der Waals surface area contributed by atoms with Gasteiger partial charge in [-0.05, 0) is 24.6 Å². The van der Waals surface area contributed by atoms with Crippen molar-refractivity contribution in [2.45, 2.75) is 18.6 Å². The van der Waals surface area contributed by atoms with Crippen LogP contribution >= 0.6 is 15.9 Å². The maximum absolute atomic E-state index is 11.3. The third kappa shape index (κ3) is 1.79. The number of esters is 1. The number of methoxy groups -OCH3 is 1. The van der Waals surface area contributed by atoms with Crippen LogP contribution in [0, 0.1) is 0 Å². The highest BCUT2D eigenvalue weighted by atomic mass is 79.9. The smallest absolute Gasteiger partial charge is 0.338 e. The predicted octanol–water partition coefficient (Wildman–Crippen LogP) is 2.24. The Kier molecular flexibility index (Phi) is 2.56. The molecular weight excluding hydrogens is 260 g/mol. The fourth-order valence-electron chi connectivity index (χ4n) is 1.59. The van der Waals surface area contributed by atoms with Gasteiger partial charge in [0.1, 0.15) is 5.60 Å². The minimum Gasteiger partial charge on any atom is -0.467 e. The van der Waals surface area contributed by atoms with Crippen LogP contribution in [0.5, 0.6) is 0 Å². The number of hydrogen-bond acceptors (Lipinski definition) is 3. The van der Waals surface area contributed by atoms with Crippen LogP contribution in [0.3, 0.4) is 0 Å². The Morgan fingerprint density at radius 2 is 2.07 bits per heavy atom. The van der Waals surface area contributed by atoms with Crippen LogP contribution < -0.4 is 0 Å². The van der Waals surface area contributed by atoms with Crippen molar-refractivity contribution in [2.24, 2.45) is 0 Å². The Balaban J connectivity index is 2.19. The molecule has 1 fully saturated rings. The average Bonchev–Trinajstić information content (AvgIpc) is 2.92. The lowest BCUT2D eigenvalue weighted by atomic mass is 9.98. The van der Waals surface area contributed by atoms with E-state index in [-0.39, 0.29) is 5.97 Å². The number of carbonyl (C=O) groups is 1. The summed E-state index contributed by atoms with van der Waals surface area (Å²) in [5, 5.41) is 0. The molecule has 1 heterocycles. The molecule has 1 aliphatic heterocycles. The molecule has 2 atom stereocenters. The lowest BCUT2D eigenvalue weighted by Crippen LogP contribution is -2.17. The SMILES string of the molecule is COC(=O)C1OC1(C)c1ccc(Br)cc1. The molecule has 1 aliphatic rings. The molecule has 0 aromatic heterocycles. The molecule has 0 N–H and O–H groups in total. The highest BCUT2D eigenvalue weighted by molar-refractivity contribution is 9.10. The third-order valence-electron chi connectivity index (χ3n) is 2.64. The summed E-state index contributed by atoms with van der Waals surface area (Å²) in [5.41, 5.74) is 0.467. The quantitative estimate of drug-likeness (QED) is 0.611. The maximum Gasteiger partial charge on any atom is 0.338 e. The van der Waals surface area contributed by atoms with Crippen LogP contribution in [0.2, 0.25) is 0 Å². The van der Waals surface area contributed by atoms with Crippen molar-refractivity contribution in [3.05, 3.63) is 34.3 Å². The van der Waals surface area contributed by atoms with Crippen molar-refractivity contribution < 1.29 is 14.3 Å². The van der Waals surface area contributed by atoms with E-state index in [1.165, 1.54) is 7.11 Å². The van der Waals surface area contributed by atoms with Gasteiger partial charge in [0.25, 0.3) is 0 Å². The Bertz CT molecular complexity index is 387. The van der Waals surface area contributed by atoms with Gasteiger partial charge in [-0.3, -0.25) is 0 Å². The molecule has 0 spiro atoms. The van der Waals surface area contributed by atoms with E-state index < -0.39 is 11.7 Å². The topological polar surface area (TPSA) is 38.8 Å². The molecule has 0 saturated carbocycles. The van der Waals surface area contributed by atoms with E-state index in [0.29, 0.717) is 0 Å². The first-order chi connectivity index (χ1) is 7.08. The van der Waals surface area contributed by atoms with Crippen molar-refractivity contribution in [3.8, 4) is 0 Å². The minimum absolute atomic E-state index is 0.319. The number of ether oxygens (including phenoxy) is 2. The minimum atomic E-state index is -0.520. The summed E-state index contributed by atoms with van der Waals surface area (Å²) in [6, 6.07) is 7.73. The van der Waals surface area contributed by atoms with Crippen molar-refractivity contribution in [3.63, 3.8) is 0 Å². The van der Waals surface area contributed by atoms with Crippen LogP contribution in [0.25, 0.3) is 0 Å². The third-order valence-corrected chi connectivity index (χ3v) is 3.17. The monoisotopic (exact) mass is 270 g/mol. The molecule has 1 saturated heterocycles. The first-order valence-electron chi connectivity index (χ1n) is 4.59. The fraction of sp³-hybridized carbons (Fsp3) is 0.364. The van der Waals surface area contributed by atoms with E-state index in [0.717, 1.165) is 10.0 Å². The van der Waals surface area contributed by atoms with Crippen molar-refractivity contribution in [2.75, 3.05) is 7.11 Å². The number of epoxide rings is 1. The summed E-state index contributed by atoms with van der Waals surface area (Å²) in [5.74, 6) is -0.319. The second kappa shape index (κ2) is 3.61. The van der Waals surface area contributed by atoms with Crippen molar-refractivity contribution in [1.29, 1.82) is 0 Å². The standard InChI is InChI=1S/C11H11BrO3/c1-11(9(15-11)10(13)14-2)7-3-5-8(12)6-4-7/h3-6,9H,1-2H3. The average molecular weight is 271 g/mol. The molecule has 15 heavy (non-hydrogen) atoms. The second-order valence-corrected chi connectivity index (χ2v) is 4.55.